The number of carbonyl (C=O) groups is 2. The van der Waals surface area contributed by atoms with Gasteiger partial charge in [0.25, 0.3) is 0 Å². The molecule has 18 heavy (non-hydrogen) atoms. The highest BCUT2D eigenvalue weighted by atomic mass is 16.6. The molecule has 0 saturated heterocycles. The highest BCUT2D eigenvalue weighted by Gasteiger charge is 2.49. The second-order valence-electron chi connectivity index (χ2n) is 6.45. The molecule has 2 aliphatic rings. The summed E-state index contributed by atoms with van der Waals surface area (Å²) in [4.78, 5) is 22.9. The van der Waals surface area contributed by atoms with Crippen molar-refractivity contribution in [3.63, 3.8) is 0 Å². The molecule has 5 nitrogen and oxygen atoms in total. The summed E-state index contributed by atoms with van der Waals surface area (Å²) in [6.07, 6.45) is 2.42. The van der Waals surface area contributed by atoms with Gasteiger partial charge in [-0.1, -0.05) is 0 Å². The van der Waals surface area contributed by atoms with Gasteiger partial charge in [0.15, 0.2) is 0 Å². The standard InChI is InChI=1S/C13H21NO4/c1-13(2,3)18-12(17)14-10(11(15)16)9-5-7-4-8(7)6-9/h7-10H,4-6H2,1-3H3,(H,14,17)(H,15,16). The Balaban J connectivity index is 1.90. The zero-order valence-corrected chi connectivity index (χ0v) is 11.1. The van der Waals surface area contributed by atoms with Crippen molar-refractivity contribution in [2.75, 3.05) is 0 Å². The monoisotopic (exact) mass is 255 g/mol. The number of carbonyl (C=O) groups excluding carboxylic acids is 1. The van der Waals surface area contributed by atoms with E-state index in [0.717, 1.165) is 12.8 Å². The van der Waals surface area contributed by atoms with Gasteiger partial charge in [-0.15, -0.1) is 0 Å². The molecule has 2 N–H and O–H groups in total. The van der Waals surface area contributed by atoms with Crippen LogP contribution in [-0.4, -0.2) is 28.8 Å². The molecular weight excluding hydrogens is 234 g/mol. The maximum Gasteiger partial charge on any atom is 0.408 e. The average Bonchev–Trinajstić information content (AvgIpc) is 2.79. The van der Waals surface area contributed by atoms with Crippen LogP contribution in [0.1, 0.15) is 40.0 Å². The fourth-order valence-electron chi connectivity index (χ4n) is 2.85. The number of nitrogens with one attached hydrogen (secondary N) is 1. The van der Waals surface area contributed by atoms with E-state index in [-0.39, 0.29) is 5.92 Å². The molecule has 3 atom stereocenters. The molecule has 2 rings (SSSR count). The summed E-state index contributed by atoms with van der Waals surface area (Å²) in [6.45, 7) is 5.27. The van der Waals surface area contributed by atoms with Gasteiger partial charge in [-0.05, 0) is 57.8 Å². The van der Waals surface area contributed by atoms with Gasteiger partial charge in [0.05, 0.1) is 0 Å². The van der Waals surface area contributed by atoms with Crippen molar-refractivity contribution in [2.45, 2.75) is 51.7 Å². The first-order valence-corrected chi connectivity index (χ1v) is 6.48. The van der Waals surface area contributed by atoms with Crippen molar-refractivity contribution in [3.8, 4) is 0 Å². The van der Waals surface area contributed by atoms with Gasteiger partial charge >= 0.3 is 12.1 Å². The molecule has 2 fully saturated rings. The van der Waals surface area contributed by atoms with E-state index in [4.69, 9.17) is 4.74 Å². The number of aliphatic carboxylic acids is 1. The maximum atomic E-state index is 11.6. The third-order valence-electron chi connectivity index (χ3n) is 3.69. The summed E-state index contributed by atoms with van der Waals surface area (Å²) in [5, 5.41) is 11.7. The van der Waals surface area contributed by atoms with Crippen molar-refractivity contribution in [2.24, 2.45) is 17.8 Å². The SMILES string of the molecule is CC(C)(C)OC(=O)NC(C(=O)O)C1CC2CC2C1. The van der Waals surface area contributed by atoms with Gasteiger partial charge in [-0.2, -0.15) is 0 Å². The zero-order valence-electron chi connectivity index (χ0n) is 11.1. The summed E-state index contributed by atoms with van der Waals surface area (Å²) < 4.78 is 5.10. The molecule has 0 radical (unpaired) electrons. The van der Waals surface area contributed by atoms with E-state index in [2.05, 4.69) is 5.32 Å². The minimum Gasteiger partial charge on any atom is -0.480 e. The van der Waals surface area contributed by atoms with Crippen molar-refractivity contribution >= 4 is 12.1 Å². The molecule has 2 saturated carbocycles. The summed E-state index contributed by atoms with van der Waals surface area (Å²) in [5.74, 6) is 0.473. The number of ether oxygens (including phenoxy) is 1. The topological polar surface area (TPSA) is 75.6 Å². The van der Waals surface area contributed by atoms with Crippen LogP contribution >= 0.6 is 0 Å². The predicted octanol–water partition coefficient (Wildman–Crippen LogP) is 2.01. The molecule has 0 aliphatic heterocycles. The second kappa shape index (κ2) is 4.44. The minimum atomic E-state index is -0.966. The summed E-state index contributed by atoms with van der Waals surface area (Å²) in [5.41, 5.74) is -0.606. The highest BCUT2D eigenvalue weighted by Crippen LogP contribution is 2.55. The Morgan fingerprint density at radius 1 is 1.22 bits per heavy atom. The van der Waals surface area contributed by atoms with Crippen LogP contribution in [-0.2, 0) is 9.53 Å². The van der Waals surface area contributed by atoms with Gasteiger partial charge in [0.2, 0.25) is 0 Å². The first-order valence-electron chi connectivity index (χ1n) is 6.48. The average molecular weight is 255 g/mol. The number of rotatable bonds is 3. The molecule has 0 aromatic heterocycles. The number of alkyl carbamates (subject to hydrolysis) is 1. The second-order valence-corrected chi connectivity index (χ2v) is 6.45. The number of carboxylic acid groups (broad SMARTS) is 1. The first-order chi connectivity index (χ1) is 8.26. The van der Waals surface area contributed by atoms with Crippen LogP contribution in [0.5, 0.6) is 0 Å². The highest BCUT2D eigenvalue weighted by molar-refractivity contribution is 5.80. The zero-order chi connectivity index (χ0) is 13.5. The van der Waals surface area contributed by atoms with Crippen molar-refractivity contribution in [3.05, 3.63) is 0 Å². The molecule has 3 unspecified atom stereocenters. The van der Waals surface area contributed by atoms with Gasteiger partial charge in [0, 0.05) is 0 Å². The Kier molecular flexibility index (Phi) is 3.25. The van der Waals surface area contributed by atoms with Crippen LogP contribution in [0, 0.1) is 17.8 Å². The van der Waals surface area contributed by atoms with Crippen LogP contribution in [0.4, 0.5) is 4.79 Å². The molecule has 1 amide bonds. The fourth-order valence-corrected chi connectivity index (χ4v) is 2.85. The van der Waals surface area contributed by atoms with Crippen LogP contribution < -0.4 is 5.32 Å². The Labute approximate surface area is 107 Å². The minimum absolute atomic E-state index is 0.0544. The largest absolute Gasteiger partial charge is 0.480 e. The molecule has 0 bridgehead atoms. The van der Waals surface area contributed by atoms with E-state index in [0.29, 0.717) is 11.8 Å². The third-order valence-corrected chi connectivity index (χ3v) is 3.69. The summed E-state index contributed by atoms with van der Waals surface area (Å²) >= 11 is 0. The molecular formula is C13H21NO4. The van der Waals surface area contributed by atoms with Gasteiger partial charge in [-0.25, -0.2) is 9.59 Å². The quantitative estimate of drug-likeness (QED) is 0.809. The number of carboxylic acids is 1. The Morgan fingerprint density at radius 2 is 1.78 bits per heavy atom. The summed E-state index contributed by atoms with van der Waals surface area (Å²) in [7, 11) is 0. The van der Waals surface area contributed by atoms with E-state index in [1.54, 1.807) is 20.8 Å². The van der Waals surface area contributed by atoms with E-state index >= 15 is 0 Å². The Hall–Kier alpha value is -1.26. The first kappa shape index (κ1) is 13.2. The molecule has 0 heterocycles. The predicted molar refractivity (Wildman–Crippen MR) is 65.1 cm³/mol. The van der Waals surface area contributed by atoms with Crippen LogP contribution in [0.15, 0.2) is 0 Å². The van der Waals surface area contributed by atoms with Gasteiger partial charge in [-0.3, -0.25) is 0 Å². The van der Waals surface area contributed by atoms with Crippen molar-refractivity contribution in [1.29, 1.82) is 0 Å². The van der Waals surface area contributed by atoms with Crippen LogP contribution in [0.2, 0.25) is 0 Å². The Bertz CT molecular complexity index is 350. The lowest BCUT2D eigenvalue weighted by Gasteiger charge is -2.25. The smallest absolute Gasteiger partial charge is 0.408 e. The van der Waals surface area contributed by atoms with E-state index in [1.165, 1.54) is 6.42 Å². The molecule has 0 spiro atoms. The van der Waals surface area contributed by atoms with Crippen LogP contribution in [0.25, 0.3) is 0 Å². The molecule has 0 aromatic rings. The fraction of sp³-hybridized carbons (Fsp3) is 0.846. The summed E-state index contributed by atoms with van der Waals surface area (Å²) in [6, 6.07) is -0.812. The number of amides is 1. The molecule has 2 aliphatic carbocycles. The lowest BCUT2D eigenvalue weighted by Crippen LogP contribution is -2.47. The number of fused-ring (bicyclic) bond motifs is 1. The number of hydrogen-bond acceptors (Lipinski definition) is 3. The molecule has 5 heteroatoms. The van der Waals surface area contributed by atoms with Crippen LogP contribution in [0.3, 0.4) is 0 Å². The maximum absolute atomic E-state index is 11.6. The lowest BCUT2D eigenvalue weighted by molar-refractivity contribution is -0.141. The molecule has 0 aromatic carbocycles. The number of hydrogen-bond donors (Lipinski definition) is 2. The van der Waals surface area contributed by atoms with E-state index in [9.17, 15) is 14.7 Å². The molecule has 102 valence electrons. The third kappa shape index (κ3) is 3.15. The lowest BCUT2D eigenvalue weighted by atomic mass is 9.94. The van der Waals surface area contributed by atoms with E-state index in [1.807, 2.05) is 0 Å². The van der Waals surface area contributed by atoms with Gasteiger partial charge < -0.3 is 15.2 Å². The van der Waals surface area contributed by atoms with E-state index < -0.39 is 23.7 Å². The Morgan fingerprint density at radius 3 is 2.22 bits per heavy atom. The normalized spacial score (nSPS) is 31.4. The van der Waals surface area contributed by atoms with Crippen molar-refractivity contribution in [1.82, 2.24) is 5.32 Å². The van der Waals surface area contributed by atoms with Gasteiger partial charge in [0.1, 0.15) is 11.6 Å². The van der Waals surface area contributed by atoms with Crippen molar-refractivity contribution < 1.29 is 19.4 Å².